The van der Waals surface area contributed by atoms with Crippen molar-refractivity contribution in [2.75, 3.05) is 10.6 Å². The van der Waals surface area contributed by atoms with Gasteiger partial charge in [-0.05, 0) is 48.0 Å². The van der Waals surface area contributed by atoms with Gasteiger partial charge < -0.3 is 16.0 Å². The molecule has 0 aromatic heterocycles. The molecule has 3 aromatic carbocycles. The Morgan fingerprint density at radius 2 is 1.78 bits per heavy atom. The minimum Gasteiger partial charge on any atom is -0.341 e. The number of rotatable bonds is 3. The molecule has 5 rings (SSSR count). The number of alkyl halides is 3. The molecule has 12 heteroatoms. The number of fused-ring (bicyclic) bond motifs is 3. The third-order valence-electron chi connectivity index (χ3n) is 5.88. The van der Waals surface area contributed by atoms with Gasteiger partial charge in [-0.1, -0.05) is 11.6 Å². The molecule has 0 saturated heterocycles. The average molecular weight is 522 g/mol. The van der Waals surface area contributed by atoms with Crippen LogP contribution < -0.4 is 16.0 Å². The molecule has 1 unspecified atom stereocenters. The van der Waals surface area contributed by atoms with Gasteiger partial charge in [-0.15, -0.1) is 0 Å². The third kappa shape index (κ3) is 4.05. The topological polar surface area (TPSA) is 87.3 Å². The summed E-state index contributed by atoms with van der Waals surface area (Å²) in [6.45, 7) is 0. The first kappa shape index (κ1) is 23.7. The van der Waals surface area contributed by atoms with Crippen molar-refractivity contribution in [2.45, 2.75) is 18.6 Å². The van der Waals surface area contributed by atoms with E-state index in [1.54, 1.807) is 0 Å². The number of benzene rings is 3. The summed E-state index contributed by atoms with van der Waals surface area (Å²) in [4.78, 5) is 37.9. The molecule has 0 spiro atoms. The Morgan fingerprint density at radius 1 is 1.03 bits per heavy atom. The predicted octanol–water partition coefficient (Wildman–Crippen LogP) is 5.22. The Hall–Kier alpha value is -3.99. The molecule has 2 aliphatic rings. The smallest absolute Gasteiger partial charge is 0.341 e. The monoisotopic (exact) mass is 521 g/mol. The average Bonchev–Trinajstić information content (AvgIpc) is 3.33. The van der Waals surface area contributed by atoms with Crippen LogP contribution in [0.3, 0.4) is 0 Å². The summed E-state index contributed by atoms with van der Waals surface area (Å²) in [5.41, 5.74) is -1.15. The van der Waals surface area contributed by atoms with E-state index in [9.17, 15) is 36.3 Å². The minimum atomic E-state index is -4.90. The first-order valence-corrected chi connectivity index (χ1v) is 10.7. The minimum absolute atomic E-state index is 0.0432. The summed E-state index contributed by atoms with van der Waals surface area (Å²) >= 11 is 6.24. The first-order valence-electron chi connectivity index (χ1n) is 10.4. The summed E-state index contributed by atoms with van der Waals surface area (Å²) in [6.07, 6.45) is -5.03. The van der Waals surface area contributed by atoms with Gasteiger partial charge in [0, 0.05) is 33.1 Å². The van der Waals surface area contributed by atoms with Crippen LogP contribution in [0, 0.1) is 11.6 Å². The van der Waals surface area contributed by atoms with Crippen LogP contribution in [0.4, 0.5) is 33.3 Å². The molecular formula is C24H13ClF5N3O3. The van der Waals surface area contributed by atoms with E-state index in [1.807, 2.05) is 0 Å². The highest BCUT2D eigenvalue weighted by Crippen LogP contribution is 2.45. The Balaban J connectivity index is 1.64. The van der Waals surface area contributed by atoms with Crippen LogP contribution in [-0.4, -0.2) is 17.7 Å². The van der Waals surface area contributed by atoms with Gasteiger partial charge in [-0.3, -0.25) is 14.4 Å². The second-order valence-corrected chi connectivity index (χ2v) is 8.62. The molecule has 0 saturated carbocycles. The van der Waals surface area contributed by atoms with E-state index in [-0.39, 0.29) is 45.6 Å². The highest BCUT2D eigenvalue weighted by molar-refractivity contribution is 6.31. The normalized spacial score (nSPS) is 16.3. The lowest BCUT2D eigenvalue weighted by Crippen LogP contribution is -2.21. The molecule has 184 valence electrons. The number of carbonyl (C=O) groups is 3. The van der Waals surface area contributed by atoms with Gasteiger partial charge in [0.25, 0.3) is 11.8 Å². The van der Waals surface area contributed by atoms with Gasteiger partial charge in [0.15, 0.2) is 0 Å². The van der Waals surface area contributed by atoms with Gasteiger partial charge in [-0.25, -0.2) is 8.78 Å². The Labute approximate surface area is 204 Å². The lowest BCUT2D eigenvalue weighted by Gasteiger charge is -2.19. The second kappa shape index (κ2) is 8.30. The van der Waals surface area contributed by atoms with E-state index >= 15 is 0 Å². The van der Waals surface area contributed by atoms with Crippen molar-refractivity contribution >= 4 is 40.7 Å². The van der Waals surface area contributed by atoms with E-state index in [0.717, 1.165) is 12.1 Å². The predicted molar refractivity (Wildman–Crippen MR) is 119 cm³/mol. The van der Waals surface area contributed by atoms with Crippen molar-refractivity contribution in [3.05, 3.63) is 92.5 Å². The van der Waals surface area contributed by atoms with E-state index in [2.05, 4.69) is 16.0 Å². The number of hydrogen-bond donors (Lipinski definition) is 3. The molecule has 0 aliphatic carbocycles. The van der Waals surface area contributed by atoms with Crippen molar-refractivity contribution in [3.63, 3.8) is 0 Å². The van der Waals surface area contributed by atoms with Gasteiger partial charge in [-0.2, -0.15) is 13.2 Å². The molecule has 3 aromatic rings. The third-order valence-corrected chi connectivity index (χ3v) is 6.23. The molecular weight excluding hydrogens is 509 g/mol. The number of anilines is 2. The summed E-state index contributed by atoms with van der Waals surface area (Å²) in [5, 5.41) is 7.71. The largest absolute Gasteiger partial charge is 0.416 e. The zero-order valence-corrected chi connectivity index (χ0v) is 18.6. The van der Waals surface area contributed by atoms with Crippen molar-refractivity contribution in [3.8, 4) is 0 Å². The van der Waals surface area contributed by atoms with Crippen LogP contribution in [0.1, 0.15) is 49.0 Å². The molecule has 3 N–H and O–H groups in total. The molecule has 1 atom stereocenters. The number of carbonyl (C=O) groups excluding carboxylic acids is 3. The van der Waals surface area contributed by atoms with Gasteiger partial charge in [0.05, 0.1) is 23.6 Å². The molecule has 6 nitrogen and oxygen atoms in total. The van der Waals surface area contributed by atoms with Crippen LogP contribution in [-0.2, 0) is 17.4 Å². The number of halogens is 6. The quantitative estimate of drug-likeness (QED) is 0.413. The molecule has 0 fully saturated rings. The van der Waals surface area contributed by atoms with Crippen molar-refractivity contribution < 1.29 is 36.3 Å². The van der Waals surface area contributed by atoms with Gasteiger partial charge >= 0.3 is 6.18 Å². The maximum absolute atomic E-state index is 14.0. The lowest BCUT2D eigenvalue weighted by atomic mass is 9.92. The summed E-state index contributed by atoms with van der Waals surface area (Å²) in [7, 11) is 0. The van der Waals surface area contributed by atoms with Crippen LogP contribution in [0.2, 0.25) is 5.02 Å². The number of nitrogens with one attached hydrogen (secondary N) is 3. The Bertz CT molecular complexity index is 1490. The van der Waals surface area contributed by atoms with Crippen LogP contribution in [0.15, 0.2) is 42.5 Å². The Morgan fingerprint density at radius 3 is 2.50 bits per heavy atom. The molecule has 2 aliphatic heterocycles. The van der Waals surface area contributed by atoms with E-state index in [0.29, 0.717) is 17.7 Å². The molecule has 0 bridgehead atoms. The highest BCUT2D eigenvalue weighted by atomic mass is 35.5. The van der Waals surface area contributed by atoms with Crippen LogP contribution in [0.5, 0.6) is 0 Å². The maximum Gasteiger partial charge on any atom is 0.416 e. The molecule has 36 heavy (non-hydrogen) atoms. The fraction of sp³-hybridized carbons (Fsp3) is 0.125. The highest BCUT2D eigenvalue weighted by Gasteiger charge is 2.39. The van der Waals surface area contributed by atoms with Crippen molar-refractivity contribution in [2.24, 2.45) is 0 Å². The standard InChI is InChI=1S/C24H13ClF5N3O3/c25-15-2-1-11(26)6-13(15)21-20-17(8-16-14(7-18(34)31-16)19(20)23(36)33-21)32-22(35)9-3-10(24(28,29)30)5-12(27)4-9/h1-6,8,21H,7H2,(H,31,34)(H,32,35)(H,33,36). The van der Waals surface area contributed by atoms with E-state index in [4.69, 9.17) is 11.6 Å². The molecule has 3 amide bonds. The summed E-state index contributed by atoms with van der Waals surface area (Å²) in [5.74, 6) is -4.07. The SMILES string of the molecule is O=C1Cc2c(cc(NC(=O)c3cc(F)cc(C(F)(F)F)c3)c3c2C(=O)NC3c2cc(F)ccc2Cl)N1. The lowest BCUT2D eigenvalue weighted by molar-refractivity contribution is -0.137. The van der Waals surface area contributed by atoms with Gasteiger partial charge in [0.1, 0.15) is 11.6 Å². The maximum atomic E-state index is 14.0. The first-order chi connectivity index (χ1) is 16.9. The molecule has 2 heterocycles. The van der Waals surface area contributed by atoms with Crippen molar-refractivity contribution in [1.82, 2.24) is 5.32 Å². The second-order valence-electron chi connectivity index (χ2n) is 8.22. The molecule has 0 radical (unpaired) electrons. The zero-order valence-electron chi connectivity index (χ0n) is 17.8. The zero-order chi connectivity index (χ0) is 25.9. The Kier molecular flexibility index (Phi) is 5.47. The van der Waals surface area contributed by atoms with E-state index in [1.165, 1.54) is 12.1 Å². The van der Waals surface area contributed by atoms with Crippen LogP contribution in [0.25, 0.3) is 0 Å². The number of amides is 3. The summed E-state index contributed by atoms with van der Waals surface area (Å²) < 4.78 is 67.3. The fourth-order valence-corrected chi connectivity index (χ4v) is 4.60. The van der Waals surface area contributed by atoms with Crippen LogP contribution >= 0.6 is 11.6 Å². The fourth-order valence-electron chi connectivity index (χ4n) is 4.38. The van der Waals surface area contributed by atoms with E-state index < -0.39 is 52.7 Å². The number of hydrogen-bond acceptors (Lipinski definition) is 3. The van der Waals surface area contributed by atoms with Gasteiger partial charge in [0.2, 0.25) is 5.91 Å². The van der Waals surface area contributed by atoms with Crippen molar-refractivity contribution in [1.29, 1.82) is 0 Å². The summed E-state index contributed by atoms with van der Waals surface area (Å²) in [6, 6.07) is 5.13.